The molecule has 5 nitrogen and oxygen atoms in total. The van der Waals surface area contributed by atoms with Crippen molar-refractivity contribution in [2.75, 3.05) is 0 Å². The molecule has 0 atom stereocenters. The second kappa shape index (κ2) is 11.2. The summed E-state index contributed by atoms with van der Waals surface area (Å²) in [5.74, 6) is 1.92. The van der Waals surface area contributed by atoms with Gasteiger partial charge in [-0.15, -0.1) is 16.4 Å². The van der Waals surface area contributed by atoms with Crippen LogP contribution in [0.25, 0.3) is 89.2 Å². The lowest BCUT2D eigenvalue weighted by molar-refractivity contribution is 0.668. The molecule has 49 heavy (non-hydrogen) atoms. The van der Waals surface area contributed by atoms with Crippen LogP contribution in [0.3, 0.4) is 0 Å². The van der Waals surface area contributed by atoms with E-state index in [1.165, 1.54) is 27.3 Å². The van der Waals surface area contributed by atoms with E-state index in [4.69, 9.17) is 23.8 Å². The normalized spacial score (nSPS) is 11.7. The average Bonchev–Trinajstić information content (AvgIpc) is 3.72. The summed E-state index contributed by atoms with van der Waals surface area (Å²) >= 11 is 0. The smallest absolute Gasteiger partial charge is 0.164 e. The maximum atomic E-state index is 6.46. The van der Waals surface area contributed by atoms with E-state index < -0.39 is 0 Å². The fourth-order valence-electron chi connectivity index (χ4n) is 7.32. The number of hydrogen-bond acceptors (Lipinski definition) is 5. The van der Waals surface area contributed by atoms with E-state index in [0.29, 0.717) is 17.5 Å². The Labute approximate surface area is 287 Å². The number of furan rings is 2. The lowest BCUT2D eigenvalue weighted by atomic mass is 9.60. The number of para-hydroxylation sites is 2. The van der Waals surface area contributed by atoms with Gasteiger partial charge in [0.25, 0.3) is 0 Å². The Bertz CT molecular complexity index is 2760. The zero-order valence-electron chi connectivity index (χ0n) is 28.1. The molecule has 9 aromatic rings. The van der Waals surface area contributed by atoms with Crippen molar-refractivity contribution < 1.29 is 8.83 Å². The van der Waals surface area contributed by atoms with E-state index >= 15 is 0 Å². The van der Waals surface area contributed by atoms with Gasteiger partial charge in [0.1, 0.15) is 61.6 Å². The zero-order valence-corrected chi connectivity index (χ0v) is 28.1. The third-order valence-electron chi connectivity index (χ3n) is 10.3. The lowest BCUT2D eigenvalue weighted by Crippen LogP contribution is -2.55. The Hall–Kier alpha value is -5.75. The van der Waals surface area contributed by atoms with Crippen LogP contribution in [0.15, 0.2) is 118 Å². The van der Waals surface area contributed by atoms with Crippen LogP contribution in [0.1, 0.15) is 0 Å². The molecule has 0 saturated carbocycles. The number of fused-ring (bicyclic) bond motifs is 6. The molecular formula is C39H28B5N3O2. The highest BCUT2D eigenvalue weighted by Gasteiger charge is 2.21. The molecule has 0 saturated heterocycles. The molecule has 0 aliphatic carbocycles. The Morgan fingerprint density at radius 2 is 1.02 bits per heavy atom. The topological polar surface area (TPSA) is 65.0 Å². The third-order valence-corrected chi connectivity index (χ3v) is 10.3. The molecule has 0 bridgehead atoms. The van der Waals surface area contributed by atoms with Crippen molar-refractivity contribution in [3.8, 4) is 45.3 Å². The summed E-state index contributed by atoms with van der Waals surface area (Å²) in [6, 6.07) is 37.1. The minimum absolute atomic E-state index is 0.608. The van der Waals surface area contributed by atoms with Crippen LogP contribution in [-0.4, -0.2) is 54.2 Å². The highest BCUT2D eigenvalue weighted by atomic mass is 16.3. The minimum Gasteiger partial charge on any atom is -0.456 e. The van der Waals surface area contributed by atoms with Crippen molar-refractivity contribution in [2.24, 2.45) is 0 Å². The molecule has 0 radical (unpaired) electrons. The summed E-state index contributed by atoms with van der Waals surface area (Å²) in [7, 11) is 10.9. The Balaban J connectivity index is 1.30. The van der Waals surface area contributed by atoms with Gasteiger partial charge in [0.2, 0.25) is 0 Å². The van der Waals surface area contributed by atoms with Crippen LogP contribution in [-0.2, 0) is 0 Å². The molecule has 9 rings (SSSR count). The molecule has 0 amide bonds. The number of nitrogens with zero attached hydrogens (tertiary/aromatic N) is 3. The van der Waals surface area contributed by atoms with Gasteiger partial charge < -0.3 is 8.83 Å². The van der Waals surface area contributed by atoms with Crippen LogP contribution in [0.5, 0.6) is 0 Å². The van der Waals surface area contributed by atoms with Crippen molar-refractivity contribution >= 4 is 110 Å². The van der Waals surface area contributed by atoms with E-state index in [1.54, 1.807) is 0 Å². The summed E-state index contributed by atoms with van der Waals surface area (Å²) < 4.78 is 12.9. The number of aromatic nitrogens is 3. The highest BCUT2D eigenvalue weighted by molar-refractivity contribution is 6.68. The molecule has 0 fully saturated rings. The minimum atomic E-state index is 0.608. The molecule has 3 heterocycles. The zero-order chi connectivity index (χ0) is 33.4. The second-order valence-corrected chi connectivity index (χ2v) is 12.9. The third kappa shape index (κ3) is 4.58. The largest absolute Gasteiger partial charge is 0.456 e. The SMILES string of the molecule is Bc1c(B)c(B)c(-c2nc(-c3ccccc3)nc(-c3cccc4oc5ccc(-c6cccc7c6oc6ccccc67)cc5c34)n2)c(B)c1B. The quantitative estimate of drug-likeness (QED) is 0.279. The first-order valence-corrected chi connectivity index (χ1v) is 16.6. The summed E-state index contributed by atoms with van der Waals surface area (Å²) in [6.07, 6.45) is 0. The molecule has 10 heteroatoms. The van der Waals surface area contributed by atoms with E-state index in [2.05, 4.69) is 93.8 Å². The van der Waals surface area contributed by atoms with Gasteiger partial charge in [0.05, 0.1) is 0 Å². The van der Waals surface area contributed by atoms with Crippen LogP contribution in [0.4, 0.5) is 0 Å². The van der Waals surface area contributed by atoms with E-state index in [0.717, 1.165) is 71.7 Å². The first kappa shape index (κ1) is 29.4. The van der Waals surface area contributed by atoms with E-state index in [-0.39, 0.29) is 0 Å². The summed E-state index contributed by atoms with van der Waals surface area (Å²) in [5, 5.41) is 4.18. The Morgan fingerprint density at radius 3 is 1.84 bits per heavy atom. The fourth-order valence-corrected chi connectivity index (χ4v) is 7.32. The average molecular weight is 625 g/mol. The molecule has 0 unspecified atom stereocenters. The summed E-state index contributed by atoms with van der Waals surface area (Å²) in [5.41, 5.74) is 14.5. The lowest BCUT2D eigenvalue weighted by Gasteiger charge is -2.20. The predicted molar refractivity (Wildman–Crippen MR) is 217 cm³/mol. The molecule has 0 spiro atoms. The van der Waals surface area contributed by atoms with E-state index in [1.807, 2.05) is 54.6 Å². The Morgan fingerprint density at radius 1 is 0.408 bits per heavy atom. The van der Waals surface area contributed by atoms with Crippen LogP contribution in [0, 0.1) is 0 Å². The number of rotatable bonds is 4. The van der Waals surface area contributed by atoms with Crippen molar-refractivity contribution in [1.82, 2.24) is 15.0 Å². The number of benzene rings is 6. The second-order valence-electron chi connectivity index (χ2n) is 12.9. The van der Waals surface area contributed by atoms with Gasteiger partial charge >= 0.3 is 0 Å². The van der Waals surface area contributed by atoms with Gasteiger partial charge in [-0.2, -0.15) is 0 Å². The van der Waals surface area contributed by atoms with Gasteiger partial charge in [-0.05, 0) is 29.8 Å². The van der Waals surface area contributed by atoms with Crippen molar-refractivity contribution in [3.05, 3.63) is 109 Å². The maximum Gasteiger partial charge on any atom is 0.164 e. The summed E-state index contributed by atoms with van der Waals surface area (Å²) in [4.78, 5) is 15.5. The van der Waals surface area contributed by atoms with Gasteiger partial charge in [0.15, 0.2) is 17.5 Å². The first-order valence-electron chi connectivity index (χ1n) is 16.6. The van der Waals surface area contributed by atoms with Crippen LogP contribution >= 0.6 is 0 Å². The highest BCUT2D eigenvalue weighted by Crippen LogP contribution is 2.40. The molecule has 6 aromatic carbocycles. The molecule has 226 valence electrons. The molecule has 0 aliphatic rings. The molecular weight excluding hydrogens is 597 g/mol. The van der Waals surface area contributed by atoms with Crippen LogP contribution in [0.2, 0.25) is 0 Å². The van der Waals surface area contributed by atoms with Crippen molar-refractivity contribution in [3.63, 3.8) is 0 Å². The van der Waals surface area contributed by atoms with Gasteiger partial charge in [-0.1, -0.05) is 95.9 Å². The monoisotopic (exact) mass is 625 g/mol. The molecule has 0 aliphatic heterocycles. The van der Waals surface area contributed by atoms with Crippen molar-refractivity contribution in [1.29, 1.82) is 0 Å². The van der Waals surface area contributed by atoms with Crippen LogP contribution < -0.4 is 27.3 Å². The van der Waals surface area contributed by atoms with E-state index in [9.17, 15) is 0 Å². The first-order chi connectivity index (χ1) is 23.9. The fraction of sp³-hybridized carbons (Fsp3) is 0. The van der Waals surface area contributed by atoms with Gasteiger partial charge in [0, 0.05) is 43.8 Å². The van der Waals surface area contributed by atoms with Gasteiger partial charge in [-0.3, -0.25) is 0 Å². The number of hydrogen-bond donors (Lipinski definition) is 0. The van der Waals surface area contributed by atoms with Gasteiger partial charge in [-0.25, -0.2) is 15.0 Å². The van der Waals surface area contributed by atoms with Crippen molar-refractivity contribution in [2.45, 2.75) is 0 Å². The predicted octanol–water partition coefficient (Wildman–Crippen LogP) is 1.63. The standard InChI is InChI=1S/C39H28B5N3O2/c40-31-30(32(41)34(43)35(44)33(31)42)39-46-37(19-8-2-1-3-9-19)45-38(47-39)24-13-7-15-28-29(24)25-18-20(16-17-27(25)48-28)21-11-6-12-23-22-10-4-5-14-26(22)49-36(21)23/h1-18H,40-44H2. The Kier molecular flexibility index (Phi) is 6.70. The maximum absolute atomic E-state index is 6.46. The molecule has 0 N–H and O–H groups in total. The summed E-state index contributed by atoms with van der Waals surface area (Å²) in [6.45, 7) is 0. The molecule has 3 aromatic heterocycles.